The Balaban J connectivity index is 2.92. The van der Waals surface area contributed by atoms with E-state index in [1.807, 2.05) is 0 Å². The van der Waals surface area contributed by atoms with Crippen molar-refractivity contribution in [1.82, 2.24) is 0 Å². The van der Waals surface area contributed by atoms with E-state index in [0.29, 0.717) is 0 Å². The molecule has 0 heterocycles. The van der Waals surface area contributed by atoms with Gasteiger partial charge in [0.2, 0.25) is 0 Å². The molecule has 0 spiro atoms. The van der Waals surface area contributed by atoms with Gasteiger partial charge in [-0.15, -0.1) is 0 Å². The predicted molar refractivity (Wildman–Crippen MR) is 52.6 cm³/mol. The molecule has 0 aromatic heterocycles. The number of Topliss-reactive ketones (excluding diaryl/α,β-unsaturated/α-hetero) is 2. The van der Waals surface area contributed by atoms with Gasteiger partial charge in [0.25, 0.3) is 0 Å². The van der Waals surface area contributed by atoms with Crippen molar-refractivity contribution in [3.05, 3.63) is 29.6 Å². The Morgan fingerprint density at radius 3 is 2.53 bits per heavy atom. The normalized spacial score (nSPS) is 9.80. The van der Waals surface area contributed by atoms with E-state index in [9.17, 15) is 14.0 Å². The van der Waals surface area contributed by atoms with E-state index in [2.05, 4.69) is 0 Å². The average Bonchev–Trinajstić information content (AvgIpc) is 2.16. The van der Waals surface area contributed by atoms with Crippen LogP contribution in [0.2, 0.25) is 0 Å². The van der Waals surface area contributed by atoms with Crippen molar-refractivity contribution in [2.45, 2.75) is 13.3 Å². The average molecular weight is 210 g/mol. The van der Waals surface area contributed by atoms with Crippen LogP contribution in [-0.4, -0.2) is 18.7 Å². The number of hydrogen-bond acceptors (Lipinski definition) is 3. The molecule has 0 bridgehead atoms. The molecule has 0 fully saturated rings. The standard InChI is InChI=1S/C11H11FO3/c1-7(13)5-10(14)8-3-4-11(15-2)9(12)6-8/h3-4,6H,5H2,1-2H3. The number of rotatable bonds is 4. The summed E-state index contributed by atoms with van der Waals surface area (Å²) in [4.78, 5) is 22.1. The Morgan fingerprint density at radius 2 is 2.07 bits per heavy atom. The minimum absolute atomic E-state index is 0.0781. The highest BCUT2D eigenvalue weighted by Crippen LogP contribution is 2.18. The van der Waals surface area contributed by atoms with Gasteiger partial charge in [-0.3, -0.25) is 9.59 Å². The third-order valence-electron chi connectivity index (χ3n) is 1.88. The zero-order valence-corrected chi connectivity index (χ0v) is 8.54. The molecule has 3 nitrogen and oxygen atoms in total. The minimum atomic E-state index is -0.605. The zero-order valence-electron chi connectivity index (χ0n) is 8.54. The van der Waals surface area contributed by atoms with Crippen molar-refractivity contribution in [2.75, 3.05) is 7.11 Å². The fourth-order valence-corrected chi connectivity index (χ4v) is 1.17. The second-order valence-corrected chi connectivity index (χ2v) is 3.15. The summed E-state index contributed by atoms with van der Waals surface area (Å²) in [5.74, 6) is -1.15. The van der Waals surface area contributed by atoms with E-state index in [1.54, 1.807) is 0 Å². The summed E-state index contributed by atoms with van der Waals surface area (Å²) in [5, 5.41) is 0. The van der Waals surface area contributed by atoms with Crippen LogP contribution in [0.5, 0.6) is 5.75 Å². The molecule has 0 N–H and O–H groups in total. The van der Waals surface area contributed by atoms with Crippen molar-refractivity contribution in [3.8, 4) is 5.75 Å². The summed E-state index contributed by atoms with van der Waals surface area (Å²) >= 11 is 0. The van der Waals surface area contributed by atoms with Crippen LogP contribution in [0.4, 0.5) is 4.39 Å². The van der Waals surface area contributed by atoms with Crippen LogP contribution in [-0.2, 0) is 4.79 Å². The Labute approximate surface area is 86.9 Å². The van der Waals surface area contributed by atoms with E-state index in [4.69, 9.17) is 4.74 Å². The maximum Gasteiger partial charge on any atom is 0.170 e. The van der Waals surface area contributed by atoms with Crippen molar-refractivity contribution in [2.24, 2.45) is 0 Å². The molecule has 0 aliphatic heterocycles. The molecule has 0 amide bonds. The molecule has 1 aromatic carbocycles. The van der Waals surface area contributed by atoms with E-state index in [0.717, 1.165) is 6.07 Å². The van der Waals surface area contributed by atoms with Gasteiger partial charge in [0.15, 0.2) is 17.3 Å². The molecule has 0 aliphatic carbocycles. The molecule has 0 atom stereocenters. The predicted octanol–water partition coefficient (Wildman–Crippen LogP) is 2.00. The Morgan fingerprint density at radius 1 is 1.40 bits per heavy atom. The van der Waals surface area contributed by atoms with Crippen molar-refractivity contribution in [1.29, 1.82) is 0 Å². The van der Waals surface area contributed by atoms with Gasteiger partial charge in [-0.05, 0) is 25.1 Å². The number of benzene rings is 1. The molecule has 1 rings (SSSR count). The van der Waals surface area contributed by atoms with E-state index in [-0.39, 0.29) is 29.3 Å². The van der Waals surface area contributed by atoms with Gasteiger partial charge in [-0.1, -0.05) is 0 Å². The second kappa shape index (κ2) is 4.68. The Hall–Kier alpha value is -1.71. The van der Waals surface area contributed by atoms with Gasteiger partial charge in [0.05, 0.1) is 13.5 Å². The first-order valence-corrected chi connectivity index (χ1v) is 4.40. The zero-order chi connectivity index (χ0) is 11.4. The number of ketones is 2. The fraction of sp³-hybridized carbons (Fsp3) is 0.273. The topological polar surface area (TPSA) is 43.4 Å². The summed E-state index contributed by atoms with van der Waals surface area (Å²) in [7, 11) is 1.34. The molecule has 0 saturated carbocycles. The summed E-state index contributed by atoms with van der Waals surface area (Å²) in [6.07, 6.45) is -0.203. The van der Waals surface area contributed by atoms with Gasteiger partial charge in [0, 0.05) is 5.56 Å². The number of methoxy groups -OCH3 is 1. The van der Waals surface area contributed by atoms with Crippen LogP contribution < -0.4 is 4.74 Å². The van der Waals surface area contributed by atoms with Gasteiger partial charge in [-0.2, -0.15) is 0 Å². The second-order valence-electron chi connectivity index (χ2n) is 3.15. The highest BCUT2D eigenvalue weighted by atomic mass is 19.1. The van der Waals surface area contributed by atoms with Crippen molar-refractivity contribution in [3.63, 3.8) is 0 Å². The highest BCUT2D eigenvalue weighted by molar-refractivity contribution is 6.07. The quantitative estimate of drug-likeness (QED) is 0.564. The molecule has 0 aliphatic rings. The molecular formula is C11H11FO3. The van der Waals surface area contributed by atoms with Crippen LogP contribution in [0.25, 0.3) is 0 Å². The van der Waals surface area contributed by atoms with Crippen LogP contribution in [0.1, 0.15) is 23.7 Å². The molecule has 0 saturated heterocycles. The van der Waals surface area contributed by atoms with E-state index < -0.39 is 5.82 Å². The monoisotopic (exact) mass is 210 g/mol. The highest BCUT2D eigenvalue weighted by Gasteiger charge is 2.11. The van der Waals surface area contributed by atoms with Gasteiger partial charge in [-0.25, -0.2) is 4.39 Å². The summed E-state index contributed by atoms with van der Waals surface area (Å²) in [6.45, 7) is 1.32. The number of halogens is 1. The molecular weight excluding hydrogens is 199 g/mol. The summed E-state index contributed by atoms with van der Waals surface area (Å²) in [5.41, 5.74) is 0.184. The summed E-state index contributed by atoms with van der Waals surface area (Å²) < 4.78 is 17.9. The first-order chi connectivity index (χ1) is 7.04. The lowest BCUT2D eigenvalue weighted by molar-refractivity contribution is -0.116. The molecule has 15 heavy (non-hydrogen) atoms. The maximum absolute atomic E-state index is 13.2. The van der Waals surface area contributed by atoms with E-state index >= 15 is 0 Å². The number of ether oxygens (including phenoxy) is 1. The third kappa shape index (κ3) is 2.87. The van der Waals surface area contributed by atoms with Gasteiger partial charge >= 0.3 is 0 Å². The van der Waals surface area contributed by atoms with Crippen LogP contribution in [0.3, 0.4) is 0 Å². The Kier molecular flexibility index (Phi) is 3.55. The molecule has 1 aromatic rings. The summed E-state index contributed by atoms with van der Waals surface area (Å²) in [6, 6.07) is 3.87. The first kappa shape index (κ1) is 11.4. The van der Waals surface area contributed by atoms with Crippen molar-refractivity contribution < 1.29 is 18.7 Å². The van der Waals surface area contributed by atoms with Crippen LogP contribution in [0.15, 0.2) is 18.2 Å². The number of carbonyl (C=O) groups is 2. The maximum atomic E-state index is 13.2. The fourth-order valence-electron chi connectivity index (χ4n) is 1.17. The molecule has 4 heteroatoms. The number of hydrogen-bond donors (Lipinski definition) is 0. The lowest BCUT2D eigenvalue weighted by Crippen LogP contribution is -2.05. The van der Waals surface area contributed by atoms with Crippen LogP contribution in [0, 0.1) is 5.82 Å². The van der Waals surface area contributed by atoms with Gasteiger partial charge < -0.3 is 4.74 Å². The smallest absolute Gasteiger partial charge is 0.170 e. The Bertz CT molecular complexity index is 399. The first-order valence-electron chi connectivity index (χ1n) is 4.40. The number of carbonyl (C=O) groups excluding carboxylic acids is 2. The lowest BCUT2D eigenvalue weighted by Gasteiger charge is -2.03. The third-order valence-corrected chi connectivity index (χ3v) is 1.88. The molecule has 80 valence electrons. The van der Waals surface area contributed by atoms with Crippen LogP contribution >= 0.6 is 0 Å². The molecule has 0 unspecified atom stereocenters. The lowest BCUT2D eigenvalue weighted by atomic mass is 10.1. The molecule has 0 radical (unpaired) electrons. The SMILES string of the molecule is COc1ccc(C(=O)CC(C)=O)cc1F. The minimum Gasteiger partial charge on any atom is -0.494 e. The van der Waals surface area contributed by atoms with Crippen molar-refractivity contribution >= 4 is 11.6 Å². The van der Waals surface area contributed by atoms with Gasteiger partial charge in [0.1, 0.15) is 5.78 Å². The largest absolute Gasteiger partial charge is 0.494 e. The van der Waals surface area contributed by atoms with E-state index in [1.165, 1.54) is 26.2 Å².